The predicted molar refractivity (Wildman–Crippen MR) is 102 cm³/mol. The normalized spacial score (nSPS) is 10.7. The predicted octanol–water partition coefficient (Wildman–Crippen LogP) is 4.19. The molecule has 2 heterocycles. The zero-order valence-corrected chi connectivity index (χ0v) is 14.0. The SMILES string of the molecule is Nc1ccc(-c2cncs2)cc1NC(=O)c1ccc2ccccc2n1. The van der Waals surface area contributed by atoms with Crippen LogP contribution in [0.1, 0.15) is 10.5 Å². The summed E-state index contributed by atoms with van der Waals surface area (Å²) in [6.07, 6.45) is 1.78. The molecule has 25 heavy (non-hydrogen) atoms. The highest BCUT2D eigenvalue weighted by molar-refractivity contribution is 7.13. The van der Waals surface area contributed by atoms with Crippen LogP contribution in [-0.4, -0.2) is 15.9 Å². The second-order valence-corrected chi connectivity index (χ2v) is 6.40. The molecule has 0 spiro atoms. The molecule has 0 radical (unpaired) electrons. The number of amides is 1. The highest BCUT2D eigenvalue weighted by Gasteiger charge is 2.12. The summed E-state index contributed by atoms with van der Waals surface area (Å²) in [5, 5.41) is 3.84. The zero-order chi connectivity index (χ0) is 17.2. The van der Waals surface area contributed by atoms with E-state index in [0.717, 1.165) is 21.3 Å². The molecular formula is C19H14N4OS. The summed E-state index contributed by atoms with van der Waals surface area (Å²) in [6, 6.07) is 16.8. The largest absolute Gasteiger partial charge is 0.397 e. The number of para-hydroxylation sites is 1. The lowest BCUT2D eigenvalue weighted by Crippen LogP contribution is -2.14. The molecule has 2 aromatic carbocycles. The Labute approximate surface area is 148 Å². The van der Waals surface area contributed by atoms with Crippen molar-refractivity contribution in [2.75, 3.05) is 11.1 Å². The van der Waals surface area contributed by atoms with Gasteiger partial charge in [-0.3, -0.25) is 9.78 Å². The number of thiazole rings is 1. The van der Waals surface area contributed by atoms with E-state index in [0.29, 0.717) is 17.1 Å². The summed E-state index contributed by atoms with van der Waals surface area (Å²) in [6.45, 7) is 0. The van der Waals surface area contributed by atoms with Crippen molar-refractivity contribution in [3.8, 4) is 10.4 Å². The number of nitrogens with two attached hydrogens (primary N) is 1. The van der Waals surface area contributed by atoms with E-state index < -0.39 is 0 Å². The first-order valence-electron chi connectivity index (χ1n) is 7.66. The van der Waals surface area contributed by atoms with Gasteiger partial charge in [-0.2, -0.15) is 0 Å². The zero-order valence-electron chi connectivity index (χ0n) is 13.1. The molecule has 0 aliphatic heterocycles. The van der Waals surface area contributed by atoms with Gasteiger partial charge >= 0.3 is 0 Å². The molecular weight excluding hydrogens is 332 g/mol. The van der Waals surface area contributed by atoms with E-state index in [9.17, 15) is 4.79 Å². The fourth-order valence-electron chi connectivity index (χ4n) is 2.55. The van der Waals surface area contributed by atoms with E-state index in [4.69, 9.17) is 5.73 Å². The Morgan fingerprint density at radius 2 is 1.96 bits per heavy atom. The number of hydrogen-bond donors (Lipinski definition) is 2. The van der Waals surface area contributed by atoms with Crippen LogP contribution in [0.25, 0.3) is 21.3 Å². The van der Waals surface area contributed by atoms with Crippen molar-refractivity contribution in [1.82, 2.24) is 9.97 Å². The fraction of sp³-hybridized carbons (Fsp3) is 0. The Kier molecular flexibility index (Phi) is 3.87. The number of nitrogens with one attached hydrogen (secondary N) is 1. The first-order valence-corrected chi connectivity index (χ1v) is 8.54. The summed E-state index contributed by atoms with van der Waals surface area (Å²) in [5.41, 5.74) is 10.9. The van der Waals surface area contributed by atoms with Crippen molar-refractivity contribution in [3.05, 3.63) is 72.0 Å². The minimum Gasteiger partial charge on any atom is -0.397 e. The van der Waals surface area contributed by atoms with Crippen molar-refractivity contribution < 1.29 is 4.79 Å². The molecule has 3 N–H and O–H groups in total. The van der Waals surface area contributed by atoms with E-state index in [-0.39, 0.29) is 5.91 Å². The molecule has 0 unspecified atom stereocenters. The number of aromatic nitrogens is 2. The van der Waals surface area contributed by atoms with Gasteiger partial charge in [-0.25, -0.2) is 4.98 Å². The second-order valence-electron chi connectivity index (χ2n) is 5.51. The van der Waals surface area contributed by atoms with Gasteiger partial charge in [-0.1, -0.05) is 30.3 Å². The van der Waals surface area contributed by atoms with E-state index in [1.54, 1.807) is 23.8 Å². The van der Waals surface area contributed by atoms with Gasteiger partial charge in [-0.15, -0.1) is 11.3 Å². The smallest absolute Gasteiger partial charge is 0.274 e. The van der Waals surface area contributed by atoms with Crippen molar-refractivity contribution in [1.29, 1.82) is 0 Å². The van der Waals surface area contributed by atoms with Crippen LogP contribution in [0.4, 0.5) is 11.4 Å². The van der Waals surface area contributed by atoms with Crippen LogP contribution in [0.3, 0.4) is 0 Å². The van der Waals surface area contributed by atoms with Crippen LogP contribution >= 0.6 is 11.3 Å². The first-order chi connectivity index (χ1) is 12.2. The van der Waals surface area contributed by atoms with Crippen molar-refractivity contribution in [2.45, 2.75) is 0 Å². The molecule has 0 fully saturated rings. The minimum absolute atomic E-state index is 0.293. The molecule has 4 aromatic rings. The maximum absolute atomic E-state index is 12.6. The highest BCUT2D eigenvalue weighted by Crippen LogP contribution is 2.29. The number of nitrogen functional groups attached to an aromatic ring is 1. The van der Waals surface area contributed by atoms with Crippen LogP contribution < -0.4 is 11.1 Å². The average molecular weight is 346 g/mol. The van der Waals surface area contributed by atoms with Crippen molar-refractivity contribution in [3.63, 3.8) is 0 Å². The van der Waals surface area contributed by atoms with Gasteiger partial charge in [0.1, 0.15) is 5.69 Å². The minimum atomic E-state index is -0.293. The number of fused-ring (bicyclic) bond motifs is 1. The Morgan fingerprint density at radius 1 is 1.08 bits per heavy atom. The van der Waals surface area contributed by atoms with Crippen LogP contribution in [0, 0.1) is 0 Å². The number of pyridine rings is 1. The van der Waals surface area contributed by atoms with E-state index >= 15 is 0 Å². The quantitative estimate of drug-likeness (QED) is 0.545. The molecule has 5 nitrogen and oxygen atoms in total. The van der Waals surface area contributed by atoms with Gasteiger partial charge in [0.15, 0.2) is 0 Å². The molecule has 0 bridgehead atoms. The highest BCUT2D eigenvalue weighted by atomic mass is 32.1. The topological polar surface area (TPSA) is 80.9 Å². The van der Waals surface area contributed by atoms with E-state index in [2.05, 4.69) is 15.3 Å². The monoisotopic (exact) mass is 346 g/mol. The Hall–Kier alpha value is -3.25. The lowest BCUT2D eigenvalue weighted by atomic mass is 10.1. The average Bonchev–Trinajstić information content (AvgIpc) is 3.18. The van der Waals surface area contributed by atoms with Crippen LogP contribution in [0.15, 0.2) is 66.3 Å². The molecule has 122 valence electrons. The molecule has 0 atom stereocenters. The lowest BCUT2D eigenvalue weighted by molar-refractivity contribution is 0.102. The van der Waals surface area contributed by atoms with Gasteiger partial charge < -0.3 is 11.1 Å². The van der Waals surface area contributed by atoms with Gasteiger partial charge in [0.25, 0.3) is 5.91 Å². The maximum atomic E-state index is 12.6. The summed E-state index contributed by atoms with van der Waals surface area (Å²) in [4.78, 5) is 22.1. The molecule has 0 saturated heterocycles. The van der Waals surface area contributed by atoms with Gasteiger partial charge in [-0.05, 0) is 29.8 Å². The number of carbonyl (C=O) groups excluding carboxylic acids is 1. The van der Waals surface area contributed by atoms with Crippen molar-refractivity contribution >= 4 is 39.5 Å². The first kappa shape index (κ1) is 15.3. The molecule has 4 rings (SSSR count). The molecule has 0 aliphatic carbocycles. The number of anilines is 2. The molecule has 0 aliphatic rings. The number of nitrogens with zero attached hydrogens (tertiary/aromatic N) is 2. The Bertz CT molecular complexity index is 1060. The Morgan fingerprint density at radius 3 is 2.80 bits per heavy atom. The summed E-state index contributed by atoms with van der Waals surface area (Å²) < 4.78 is 0. The summed E-state index contributed by atoms with van der Waals surface area (Å²) in [7, 11) is 0. The number of rotatable bonds is 3. The molecule has 2 aromatic heterocycles. The third kappa shape index (κ3) is 3.07. The van der Waals surface area contributed by atoms with Gasteiger partial charge in [0, 0.05) is 11.6 Å². The fourth-order valence-corrected chi connectivity index (χ4v) is 3.18. The number of hydrogen-bond acceptors (Lipinski definition) is 5. The van der Waals surface area contributed by atoms with Gasteiger partial charge in [0.05, 0.1) is 27.3 Å². The third-order valence-corrected chi connectivity index (χ3v) is 4.67. The van der Waals surface area contributed by atoms with Crippen molar-refractivity contribution in [2.24, 2.45) is 0 Å². The number of benzene rings is 2. The third-order valence-electron chi connectivity index (χ3n) is 3.85. The number of carbonyl (C=O) groups is 1. The van der Waals surface area contributed by atoms with Crippen LogP contribution in [0.2, 0.25) is 0 Å². The second kappa shape index (κ2) is 6.33. The molecule has 6 heteroatoms. The molecule has 1 amide bonds. The summed E-state index contributed by atoms with van der Waals surface area (Å²) >= 11 is 1.53. The standard InChI is InChI=1S/C19H14N4OS/c20-14-7-5-13(18-10-21-11-25-18)9-17(14)23-19(24)16-8-6-12-3-1-2-4-15(12)22-16/h1-11H,20H2,(H,23,24). The summed E-state index contributed by atoms with van der Waals surface area (Å²) in [5.74, 6) is -0.293. The Balaban J connectivity index is 1.64. The lowest BCUT2D eigenvalue weighted by Gasteiger charge is -2.10. The van der Waals surface area contributed by atoms with E-state index in [1.807, 2.05) is 42.5 Å². The van der Waals surface area contributed by atoms with Gasteiger partial charge in [0.2, 0.25) is 0 Å². The van der Waals surface area contributed by atoms with E-state index in [1.165, 1.54) is 11.3 Å². The molecule has 0 saturated carbocycles. The van der Waals surface area contributed by atoms with Crippen LogP contribution in [0.5, 0.6) is 0 Å². The maximum Gasteiger partial charge on any atom is 0.274 e. The van der Waals surface area contributed by atoms with Crippen LogP contribution in [-0.2, 0) is 0 Å².